The Labute approximate surface area is 178 Å². The molecule has 0 radical (unpaired) electrons. The number of nitrogens with zero attached hydrogens (tertiary/aromatic N) is 4. The van der Waals surface area contributed by atoms with Gasteiger partial charge in [-0.25, -0.2) is 0 Å². The average molecular weight is 441 g/mol. The van der Waals surface area contributed by atoms with Crippen LogP contribution in [0.5, 0.6) is 0 Å². The van der Waals surface area contributed by atoms with Gasteiger partial charge in [0.15, 0.2) is 5.69 Å². The van der Waals surface area contributed by atoms with Crippen LogP contribution in [0.4, 0.5) is 13.2 Å². The van der Waals surface area contributed by atoms with E-state index in [0.29, 0.717) is 23.8 Å². The van der Waals surface area contributed by atoms with E-state index in [-0.39, 0.29) is 24.8 Å². The highest BCUT2D eigenvalue weighted by atomic mass is 35.5. The Kier molecular flexibility index (Phi) is 6.06. The van der Waals surface area contributed by atoms with Crippen LogP contribution in [-0.2, 0) is 24.1 Å². The van der Waals surface area contributed by atoms with Gasteiger partial charge in [0.2, 0.25) is 5.91 Å². The number of carbonyl (C=O) groups is 1. The molecule has 162 valence electrons. The van der Waals surface area contributed by atoms with Gasteiger partial charge >= 0.3 is 6.18 Å². The molecule has 0 bridgehead atoms. The first kappa shape index (κ1) is 21.2. The Hall–Kier alpha value is -2.06. The number of amides is 1. The number of halogens is 4. The summed E-state index contributed by atoms with van der Waals surface area (Å²) in [5.74, 6) is 0.0990. The number of rotatable bonds is 6. The molecule has 2 fully saturated rings. The Bertz CT molecular complexity index is 902. The number of alkyl halides is 3. The van der Waals surface area contributed by atoms with Crippen LogP contribution < -0.4 is 0 Å². The maximum Gasteiger partial charge on any atom is 0.435 e. The number of aryl methyl sites for hydroxylation is 1. The van der Waals surface area contributed by atoms with Gasteiger partial charge in [-0.05, 0) is 36.6 Å². The van der Waals surface area contributed by atoms with Crippen molar-refractivity contribution in [3.8, 4) is 0 Å². The predicted octanol–water partition coefficient (Wildman–Crippen LogP) is 4.17. The van der Waals surface area contributed by atoms with E-state index in [1.165, 1.54) is 4.68 Å². The summed E-state index contributed by atoms with van der Waals surface area (Å²) in [7, 11) is 0. The highest BCUT2D eigenvalue weighted by molar-refractivity contribution is 6.30. The van der Waals surface area contributed by atoms with E-state index in [0.717, 1.165) is 44.1 Å². The molecule has 1 amide bonds. The Morgan fingerprint density at radius 2 is 1.87 bits per heavy atom. The molecule has 5 nitrogen and oxygen atoms in total. The number of hydrogen-bond acceptors (Lipinski definition) is 3. The molecule has 1 aromatic carbocycles. The zero-order chi connectivity index (χ0) is 21.3. The molecule has 1 aliphatic carbocycles. The van der Waals surface area contributed by atoms with Crippen molar-refractivity contribution >= 4 is 17.5 Å². The highest BCUT2D eigenvalue weighted by Crippen LogP contribution is 2.42. The molecule has 9 heteroatoms. The molecule has 4 rings (SSSR count). The maximum absolute atomic E-state index is 13.0. The summed E-state index contributed by atoms with van der Waals surface area (Å²) in [6.07, 6.45) is -2.54. The largest absolute Gasteiger partial charge is 0.435 e. The van der Waals surface area contributed by atoms with Crippen molar-refractivity contribution in [3.05, 3.63) is 52.3 Å². The van der Waals surface area contributed by atoms with Gasteiger partial charge in [-0.15, -0.1) is 0 Å². The Morgan fingerprint density at radius 3 is 2.50 bits per heavy atom. The van der Waals surface area contributed by atoms with E-state index < -0.39 is 11.9 Å². The Morgan fingerprint density at radius 1 is 1.13 bits per heavy atom. The summed E-state index contributed by atoms with van der Waals surface area (Å²) in [5.41, 5.74) is 0.863. The SMILES string of the molecule is O=C(CCn1nc(C(F)(F)F)cc1C1CC1)N1CCN(Cc2cccc(Cl)c2)CC1. The van der Waals surface area contributed by atoms with Crippen LogP contribution in [0.25, 0.3) is 0 Å². The first-order chi connectivity index (χ1) is 14.3. The van der Waals surface area contributed by atoms with Gasteiger partial charge in [-0.1, -0.05) is 23.7 Å². The van der Waals surface area contributed by atoms with Crippen LogP contribution in [0.2, 0.25) is 5.02 Å². The van der Waals surface area contributed by atoms with Crippen LogP contribution in [-0.4, -0.2) is 51.7 Å². The third-order valence-corrected chi connectivity index (χ3v) is 5.89. The second kappa shape index (κ2) is 8.59. The van der Waals surface area contributed by atoms with Crippen LogP contribution in [0.1, 0.15) is 42.1 Å². The lowest BCUT2D eigenvalue weighted by atomic mass is 10.2. The van der Waals surface area contributed by atoms with Gasteiger partial charge in [0.1, 0.15) is 0 Å². The number of carbonyl (C=O) groups excluding carboxylic acids is 1. The van der Waals surface area contributed by atoms with Crippen molar-refractivity contribution in [2.75, 3.05) is 26.2 Å². The second-order valence-corrected chi connectivity index (χ2v) is 8.42. The number of aromatic nitrogens is 2. The molecular weight excluding hydrogens is 417 g/mol. The van der Waals surface area contributed by atoms with Crippen LogP contribution in [0.3, 0.4) is 0 Å². The van der Waals surface area contributed by atoms with Crippen molar-refractivity contribution in [1.29, 1.82) is 0 Å². The second-order valence-electron chi connectivity index (χ2n) is 7.99. The summed E-state index contributed by atoms with van der Waals surface area (Å²) in [4.78, 5) is 16.7. The summed E-state index contributed by atoms with van der Waals surface area (Å²) in [6, 6.07) is 8.87. The predicted molar refractivity (Wildman–Crippen MR) is 107 cm³/mol. The molecular formula is C21H24ClF3N4O. The van der Waals surface area contributed by atoms with Gasteiger partial charge in [0, 0.05) is 62.3 Å². The molecule has 2 aromatic rings. The molecule has 0 unspecified atom stereocenters. The molecule has 0 N–H and O–H groups in total. The normalized spacial score (nSPS) is 18.1. The minimum absolute atomic E-state index is 0.0387. The van der Waals surface area contributed by atoms with Crippen molar-refractivity contribution in [1.82, 2.24) is 19.6 Å². The van der Waals surface area contributed by atoms with Gasteiger partial charge < -0.3 is 4.90 Å². The van der Waals surface area contributed by atoms with Crippen LogP contribution in [0, 0.1) is 0 Å². The van der Waals surface area contributed by atoms with Gasteiger partial charge in [0.25, 0.3) is 0 Å². The molecule has 2 heterocycles. The molecule has 0 atom stereocenters. The fraction of sp³-hybridized carbons (Fsp3) is 0.524. The molecule has 1 saturated heterocycles. The lowest BCUT2D eigenvalue weighted by Gasteiger charge is -2.35. The minimum Gasteiger partial charge on any atom is -0.340 e. The van der Waals surface area contributed by atoms with E-state index in [1.54, 1.807) is 4.90 Å². The lowest BCUT2D eigenvalue weighted by molar-refractivity contribution is -0.141. The van der Waals surface area contributed by atoms with Gasteiger partial charge in [-0.2, -0.15) is 18.3 Å². The summed E-state index contributed by atoms with van der Waals surface area (Å²) in [6.45, 7) is 3.70. The van der Waals surface area contributed by atoms with Crippen molar-refractivity contribution < 1.29 is 18.0 Å². The molecule has 30 heavy (non-hydrogen) atoms. The fourth-order valence-corrected chi connectivity index (χ4v) is 4.08. The third-order valence-electron chi connectivity index (χ3n) is 5.65. The number of piperazine rings is 1. The topological polar surface area (TPSA) is 41.4 Å². The summed E-state index contributed by atoms with van der Waals surface area (Å²) in [5, 5.41) is 4.44. The first-order valence-corrected chi connectivity index (χ1v) is 10.6. The maximum atomic E-state index is 13.0. The molecule has 1 aromatic heterocycles. The summed E-state index contributed by atoms with van der Waals surface area (Å²) >= 11 is 6.03. The van der Waals surface area contributed by atoms with Crippen LogP contribution >= 0.6 is 11.6 Å². The average Bonchev–Trinajstić information content (AvgIpc) is 3.44. The van der Waals surface area contributed by atoms with Gasteiger partial charge in [-0.3, -0.25) is 14.4 Å². The number of hydrogen-bond donors (Lipinski definition) is 0. The van der Waals surface area contributed by atoms with E-state index in [9.17, 15) is 18.0 Å². The Balaban J connectivity index is 1.29. The smallest absolute Gasteiger partial charge is 0.340 e. The zero-order valence-corrected chi connectivity index (χ0v) is 17.3. The van der Waals surface area contributed by atoms with E-state index in [1.807, 2.05) is 24.3 Å². The monoisotopic (exact) mass is 440 g/mol. The number of benzene rings is 1. The minimum atomic E-state index is -4.46. The molecule has 2 aliphatic rings. The van der Waals surface area contributed by atoms with E-state index >= 15 is 0 Å². The highest BCUT2D eigenvalue weighted by Gasteiger charge is 2.37. The zero-order valence-electron chi connectivity index (χ0n) is 16.5. The molecule has 1 saturated carbocycles. The quantitative estimate of drug-likeness (QED) is 0.677. The van der Waals surface area contributed by atoms with Crippen LogP contribution in [0.15, 0.2) is 30.3 Å². The lowest BCUT2D eigenvalue weighted by Crippen LogP contribution is -2.48. The van der Waals surface area contributed by atoms with Crippen molar-refractivity contribution in [3.63, 3.8) is 0 Å². The molecule has 1 aliphatic heterocycles. The first-order valence-electron chi connectivity index (χ1n) is 10.2. The molecule has 0 spiro atoms. The van der Waals surface area contributed by atoms with Crippen molar-refractivity contribution in [2.45, 2.75) is 44.4 Å². The third kappa shape index (κ3) is 5.16. The van der Waals surface area contributed by atoms with E-state index in [4.69, 9.17) is 11.6 Å². The fourth-order valence-electron chi connectivity index (χ4n) is 3.87. The summed E-state index contributed by atoms with van der Waals surface area (Å²) < 4.78 is 40.4. The van der Waals surface area contributed by atoms with E-state index in [2.05, 4.69) is 10.00 Å². The standard InChI is InChI=1S/C21H24ClF3N4O/c22-17-3-1-2-15(12-17)14-27-8-10-28(11-9-27)20(30)6-7-29-18(16-4-5-16)13-19(26-29)21(23,24)25/h1-3,12-13,16H,4-11,14H2. The van der Waals surface area contributed by atoms with Gasteiger partial charge in [0.05, 0.1) is 0 Å². The van der Waals surface area contributed by atoms with Crippen molar-refractivity contribution in [2.24, 2.45) is 0 Å².